The largest absolute Gasteiger partial charge is 0.369 e. The molecule has 4 heteroatoms. The number of hydrogen-bond acceptors (Lipinski definition) is 3. The van der Waals surface area contributed by atoms with Crippen molar-refractivity contribution >= 4 is 16.7 Å². The summed E-state index contributed by atoms with van der Waals surface area (Å²) in [5, 5.41) is 4.14. The van der Waals surface area contributed by atoms with Gasteiger partial charge in [-0.2, -0.15) is 0 Å². The molecule has 19 heavy (non-hydrogen) atoms. The molecule has 0 aliphatic heterocycles. The summed E-state index contributed by atoms with van der Waals surface area (Å²) in [6.07, 6.45) is 4.33. The maximum absolute atomic E-state index is 12.0. The molecule has 1 fully saturated rings. The van der Waals surface area contributed by atoms with Crippen molar-refractivity contribution in [3.8, 4) is 0 Å². The molecule has 1 aliphatic carbocycles. The second-order valence-corrected chi connectivity index (χ2v) is 5.36. The lowest BCUT2D eigenvalue weighted by molar-refractivity contribution is 0.409. The van der Waals surface area contributed by atoms with Crippen LogP contribution in [0.2, 0.25) is 0 Å². The maximum Gasteiger partial charge on any atom is 0.191 e. The van der Waals surface area contributed by atoms with E-state index in [1.807, 2.05) is 24.3 Å². The minimum atomic E-state index is 0.0527. The fourth-order valence-corrected chi connectivity index (χ4v) is 2.85. The summed E-state index contributed by atoms with van der Waals surface area (Å²) < 4.78 is 0. The Labute approximate surface area is 112 Å². The molecule has 100 valence electrons. The second kappa shape index (κ2) is 5.05. The number of para-hydroxylation sites is 1. The van der Waals surface area contributed by atoms with Gasteiger partial charge in [0.05, 0.1) is 5.52 Å². The van der Waals surface area contributed by atoms with Crippen molar-refractivity contribution in [3.05, 3.63) is 40.6 Å². The van der Waals surface area contributed by atoms with E-state index >= 15 is 0 Å². The molecular weight excluding hydrogens is 238 g/mol. The van der Waals surface area contributed by atoms with Crippen LogP contribution in [0.25, 0.3) is 10.9 Å². The normalized spacial score (nSPS) is 23.4. The number of hydrogen-bond donors (Lipinski definition) is 3. The molecule has 0 spiro atoms. The molecule has 3 rings (SSSR count). The van der Waals surface area contributed by atoms with E-state index in [0.717, 1.165) is 42.4 Å². The Morgan fingerprint density at radius 1 is 1.26 bits per heavy atom. The lowest BCUT2D eigenvalue weighted by atomic mass is 9.91. The Hall–Kier alpha value is -1.81. The minimum Gasteiger partial charge on any atom is -0.369 e. The zero-order valence-corrected chi connectivity index (χ0v) is 10.9. The first-order valence-electron chi connectivity index (χ1n) is 6.86. The molecule has 4 N–H and O–H groups in total. The Morgan fingerprint density at radius 3 is 2.95 bits per heavy atom. The average Bonchev–Trinajstić information content (AvgIpc) is 2.39. The zero-order valence-electron chi connectivity index (χ0n) is 10.9. The number of pyridine rings is 1. The number of H-pyrrole nitrogens is 1. The highest BCUT2D eigenvalue weighted by molar-refractivity contribution is 5.79. The van der Waals surface area contributed by atoms with Crippen LogP contribution in [0.4, 0.5) is 5.82 Å². The highest BCUT2D eigenvalue weighted by atomic mass is 16.1. The van der Waals surface area contributed by atoms with Crippen LogP contribution in [0.3, 0.4) is 0 Å². The van der Waals surface area contributed by atoms with Gasteiger partial charge in [0.1, 0.15) is 5.82 Å². The fourth-order valence-electron chi connectivity index (χ4n) is 2.85. The van der Waals surface area contributed by atoms with Crippen molar-refractivity contribution in [1.29, 1.82) is 0 Å². The van der Waals surface area contributed by atoms with E-state index in [2.05, 4.69) is 10.3 Å². The molecule has 4 nitrogen and oxygen atoms in total. The van der Waals surface area contributed by atoms with Crippen molar-refractivity contribution in [1.82, 2.24) is 4.98 Å². The molecule has 2 aromatic rings. The molecule has 1 aliphatic rings. The second-order valence-electron chi connectivity index (χ2n) is 5.36. The molecule has 0 saturated heterocycles. The van der Waals surface area contributed by atoms with Crippen molar-refractivity contribution in [3.63, 3.8) is 0 Å². The SMILES string of the molecule is N[C@H]1CCC[C@@H](Nc2cc(=O)c3ccccc3[nH]2)C1. The number of nitrogens with one attached hydrogen (secondary N) is 2. The molecule has 2 atom stereocenters. The minimum absolute atomic E-state index is 0.0527. The quantitative estimate of drug-likeness (QED) is 0.772. The summed E-state index contributed by atoms with van der Waals surface area (Å²) in [5.74, 6) is 0.794. The van der Waals surface area contributed by atoms with Crippen LogP contribution in [0.5, 0.6) is 0 Å². The number of aromatic amines is 1. The van der Waals surface area contributed by atoms with E-state index in [0.29, 0.717) is 6.04 Å². The number of fused-ring (bicyclic) bond motifs is 1. The Balaban J connectivity index is 1.87. The van der Waals surface area contributed by atoms with Gasteiger partial charge in [0.15, 0.2) is 5.43 Å². The molecule has 0 radical (unpaired) electrons. The van der Waals surface area contributed by atoms with E-state index < -0.39 is 0 Å². The summed E-state index contributed by atoms with van der Waals surface area (Å²) in [4.78, 5) is 15.3. The topological polar surface area (TPSA) is 70.9 Å². The third-order valence-corrected chi connectivity index (χ3v) is 3.81. The molecule has 0 bridgehead atoms. The Morgan fingerprint density at radius 2 is 2.11 bits per heavy atom. The Kier molecular flexibility index (Phi) is 3.25. The highest BCUT2D eigenvalue weighted by Gasteiger charge is 2.19. The van der Waals surface area contributed by atoms with Crippen LogP contribution in [0.15, 0.2) is 35.1 Å². The van der Waals surface area contributed by atoms with Crippen LogP contribution in [-0.4, -0.2) is 17.1 Å². The van der Waals surface area contributed by atoms with E-state index in [9.17, 15) is 4.79 Å². The summed E-state index contributed by atoms with van der Waals surface area (Å²) in [6, 6.07) is 9.86. The van der Waals surface area contributed by atoms with E-state index in [1.165, 1.54) is 0 Å². The number of anilines is 1. The van der Waals surface area contributed by atoms with Crippen LogP contribution >= 0.6 is 0 Å². The van der Waals surface area contributed by atoms with Crippen molar-refractivity contribution in [2.24, 2.45) is 5.73 Å². The number of rotatable bonds is 2. The monoisotopic (exact) mass is 257 g/mol. The molecule has 0 unspecified atom stereocenters. The summed E-state index contributed by atoms with van der Waals surface area (Å²) in [7, 11) is 0. The van der Waals surface area contributed by atoms with Crippen molar-refractivity contribution in [2.75, 3.05) is 5.32 Å². The van der Waals surface area contributed by atoms with E-state index in [1.54, 1.807) is 6.07 Å². The molecule has 1 aromatic carbocycles. The molecule has 1 heterocycles. The van der Waals surface area contributed by atoms with E-state index in [-0.39, 0.29) is 11.5 Å². The smallest absolute Gasteiger partial charge is 0.191 e. The van der Waals surface area contributed by atoms with E-state index in [4.69, 9.17) is 5.73 Å². The summed E-state index contributed by atoms with van der Waals surface area (Å²) >= 11 is 0. The van der Waals surface area contributed by atoms with Gasteiger partial charge in [-0.1, -0.05) is 12.1 Å². The molecular formula is C15H19N3O. The molecule has 1 saturated carbocycles. The maximum atomic E-state index is 12.0. The lowest BCUT2D eigenvalue weighted by Gasteiger charge is -2.28. The summed E-state index contributed by atoms with van der Waals surface area (Å²) in [6.45, 7) is 0. The number of nitrogens with two attached hydrogens (primary N) is 1. The zero-order chi connectivity index (χ0) is 13.2. The van der Waals surface area contributed by atoms with Crippen molar-refractivity contribution < 1.29 is 0 Å². The lowest BCUT2D eigenvalue weighted by Crippen LogP contribution is -2.35. The third-order valence-electron chi connectivity index (χ3n) is 3.81. The summed E-state index contributed by atoms with van der Waals surface area (Å²) in [5.41, 5.74) is 6.91. The first kappa shape index (κ1) is 12.2. The van der Waals surface area contributed by atoms with Gasteiger partial charge < -0.3 is 16.0 Å². The molecule has 0 amide bonds. The first-order chi connectivity index (χ1) is 9.22. The Bertz CT molecular complexity index is 635. The van der Waals surface area contributed by atoms with Crippen LogP contribution in [0.1, 0.15) is 25.7 Å². The number of benzene rings is 1. The van der Waals surface area contributed by atoms with Crippen LogP contribution in [-0.2, 0) is 0 Å². The van der Waals surface area contributed by atoms with Gasteiger partial charge in [-0.3, -0.25) is 4.79 Å². The van der Waals surface area contributed by atoms with Crippen molar-refractivity contribution in [2.45, 2.75) is 37.8 Å². The van der Waals surface area contributed by atoms with Gasteiger partial charge in [-0.05, 0) is 37.8 Å². The van der Waals surface area contributed by atoms with Gasteiger partial charge >= 0.3 is 0 Å². The predicted molar refractivity (Wildman–Crippen MR) is 78.4 cm³/mol. The predicted octanol–water partition coefficient (Wildman–Crippen LogP) is 2.21. The third kappa shape index (κ3) is 2.63. The van der Waals surface area contributed by atoms with Crippen LogP contribution < -0.4 is 16.5 Å². The van der Waals surface area contributed by atoms with Gasteiger partial charge in [0, 0.05) is 23.5 Å². The van der Waals surface area contributed by atoms with Gasteiger partial charge in [0.2, 0.25) is 0 Å². The average molecular weight is 257 g/mol. The molecule has 1 aromatic heterocycles. The van der Waals surface area contributed by atoms with Gasteiger partial charge in [-0.25, -0.2) is 0 Å². The number of aromatic nitrogens is 1. The van der Waals surface area contributed by atoms with Gasteiger partial charge in [0.25, 0.3) is 0 Å². The van der Waals surface area contributed by atoms with Crippen LogP contribution in [0, 0.1) is 0 Å². The standard InChI is InChI=1S/C15H19N3O/c16-10-4-3-5-11(8-10)17-15-9-14(19)12-6-1-2-7-13(12)18-15/h1-2,6-7,9-11H,3-5,8,16H2,(H2,17,18,19)/t10-,11+/m0/s1. The first-order valence-corrected chi connectivity index (χ1v) is 6.86. The van der Waals surface area contributed by atoms with Gasteiger partial charge in [-0.15, -0.1) is 0 Å². The fraction of sp³-hybridized carbons (Fsp3) is 0.400. The highest BCUT2D eigenvalue weighted by Crippen LogP contribution is 2.20.